The Hall–Kier alpha value is -3.78. The van der Waals surface area contributed by atoms with Crippen molar-refractivity contribution < 1.29 is 9.59 Å². The van der Waals surface area contributed by atoms with E-state index in [0.717, 1.165) is 36.8 Å². The van der Waals surface area contributed by atoms with Crippen molar-refractivity contribution in [1.82, 2.24) is 0 Å². The van der Waals surface area contributed by atoms with Gasteiger partial charge < -0.3 is 0 Å². The molecule has 0 radical (unpaired) electrons. The highest BCUT2D eigenvalue weighted by Crippen LogP contribution is 2.20. The summed E-state index contributed by atoms with van der Waals surface area (Å²) in [7, 11) is 0. The second-order valence-electron chi connectivity index (χ2n) is 10.5. The minimum absolute atomic E-state index is 0.226. The van der Waals surface area contributed by atoms with Crippen LogP contribution >= 0.6 is 0 Å². The summed E-state index contributed by atoms with van der Waals surface area (Å²) < 4.78 is 0. The molecule has 2 heteroatoms. The fraction of sp³-hybridized carbons (Fsp3) is 0.297. The number of hydrogen-bond donors (Lipinski definition) is 0. The SMILES string of the molecule is CC(CCc1ccccc1)CC(=O)c1ccccc1.CCC(C)c1ccc(C(=O)CCc2ccccc2)cc1. The number of Topliss-reactive ketones (excluding diaryl/α,β-unsaturated/α-hetero) is 2. The molecule has 0 aliphatic rings. The molecule has 0 aliphatic heterocycles. The summed E-state index contributed by atoms with van der Waals surface area (Å²) in [5.74, 6) is 1.46. The first-order valence-electron chi connectivity index (χ1n) is 14.3. The standard InChI is InChI=1S/C19H22O.C18H20O/c1-3-15(2)17-10-12-18(13-11-17)19(20)14-9-16-7-5-4-6-8-16;1-15(12-13-16-8-4-2-5-9-16)14-18(19)17-10-6-3-7-11-17/h4-8,10-13,15H,3,9,14H2,1-2H3;2-11,15H,12-14H2,1H3. The van der Waals surface area contributed by atoms with Gasteiger partial charge in [-0.3, -0.25) is 9.59 Å². The van der Waals surface area contributed by atoms with Crippen molar-refractivity contribution in [2.75, 3.05) is 0 Å². The number of carbonyl (C=O) groups is 2. The Labute approximate surface area is 235 Å². The van der Waals surface area contributed by atoms with Gasteiger partial charge in [-0.1, -0.05) is 136 Å². The van der Waals surface area contributed by atoms with E-state index in [-0.39, 0.29) is 11.6 Å². The summed E-state index contributed by atoms with van der Waals surface area (Å²) in [5.41, 5.74) is 5.53. The molecule has 4 rings (SSSR count). The van der Waals surface area contributed by atoms with Crippen molar-refractivity contribution in [2.24, 2.45) is 5.92 Å². The van der Waals surface area contributed by atoms with E-state index in [2.05, 4.69) is 69.3 Å². The van der Waals surface area contributed by atoms with E-state index in [1.165, 1.54) is 16.7 Å². The topological polar surface area (TPSA) is 34.1 Å². The molecule has 2 nitrogen and oxygen atoms in total. The first-order chi connectivity index (χ1) is 19.0. The Balaban J connectivity index is 0.000000216. The van der Waals surface area contributed by atoms with Crippen LogP contribution in [0.3, 0.4) is 0 Å². The molecule has 0 aliphatic carbocycles. The first-order valence-corrected chi connectivity index (χ1v) is 14.3. The number of rotatable bonds is 12. The maximum absolute atomic E-state index is 12.2. The number of aryl methyl sites for hydroxylation is 2. The quantitative estimate of drug-likeness (QED) is 0.175. The van der Waals surface area contributed by atoms with Crippen LogP contribution in [0.1, 0.15) is 89.8 Å². The lowest BCUT2D eigenvalue weighted by Gasteiger charge is -2.10. The normalized spacial score (nSPS) is 12.1. The zero-order chi connectivity index (χ0) is 27.9. The molecule has 0 fully saturated rings. The lowest BCUT2D eigenvalue weighted by molar-refractivity contribution is 0.0960. The molecule has 0 heterocycles. The van der Waals surface area contributed by atoms with Gasteiger partial charge in [-0.15, -0.1) is 0 Å². The molecule has 202 valence electrons. The van der Waals surface area contributed by atoms with Gasteiger partial charge in [0.15, 0.2) is 11.6 Å². The molecule has 39 heavy (non-hydrogen) atoms. The van der Waals surface area contributed by atoms with Gasteiger partial charge in [-0.25, -0.2) is 0 Å². The van der Waals surface area contributed by atoms with E-state index in [1.807, 2.05) is 66.7 Å². The predicted octanol–water partition coefficient (Wildman–Crippen LogP) is 9.54. The van der Waals surface area contributed by atoms with E-state index in [0.29, 0.717) is 24.7 Å². The van der Waals surface area contributed by atoms with E-state index < -0.39 is 0 Å². The van der Waals surface area contributed by atoms with Crippen LogP contribution in [0.25, 0.3) is 0 Å². The fourth-order valence-corrected chi connectivity index (χ4v) is 4.50. The van der Waals surface area contributed by atoms with Crippen molar-refractivity contribution in [2.45, 2.75) is 65.2 Å². The highest BCUT2D eigenvalue weighted by Gasteiger charge is 2.11. The van der Waals surface area contributed by atoms with Crippen LogP contribution in [0.4, 0.5) is 0 Å². The molecule has 0 saturated carbocycles. The third-order valence-electron chi connectivity index (χ3n) is 7.30. The molecule has 4 aromatic carbocycles. The average molecular weight is 519 g/mol. The molecule has 0 amide bonds. The fourth-order valence-electron chi connectivity index (χ4n) is 4.50. The van der Waals surface area contributed by atoms with Gasteiger partial charge in [0.05, 0.1) is 0 Å². The van der Waals surface area contributed by atoms with Gasteiger partial charge in [-0.2, -0.15) is 0 Å². The van der Waals surface area contributed by atoms with Gasteiger partial charge in [0.25, 0.3) is 0 Å². The third-order valence-corrected chi connectivity index (χ3v) is 7.30. The largest absolute Gasteiger partial charge is 0.294 e. The zero-order valence-electron chi connectivity index (χ0n) is 23.7. The Morgan fingerprint density at radius 3 is 1.62 bits per heavy atom. The van der Waals surface area contributed by atoms with E-state index >= 15 is 0 Å². The van der Waals surface area contributed by atoms with Gasteiger partial charge in [0, 0.05) is 24.0 Å². The summed E-state index contributed by atoms with van der Waals surface area (Å²) in [4.78, 5) is 24.2. The van der Waals surface area contributed by atoms with Crippen LogP contribution in [0, 0.1) is 5.92 Å². The molecular weight excluding hydrogens is 476 g/mol. The summed E-state index contributed by atoms with van der Waals surface area (Å²) in [6.45, 7) is 6.56. The molecule has 0 saturated heterocycles. The molecular formula is C37H42O2. The maximum atomic E-state index is 12.2. The lowest BCUT2D eigenvalue weighted by Crippen LogP contribution is -2.07. The van der Waals surface area contributed by atoms with Gasteiger partial charge >= 0.3 is 0 Å². The highest BCUT2D eigenvalue weighted by molar-refractivity contribution is 5.96. The molecule has 2 atom stereocenters. The van der Waals surface area contributed by atoms with Crippen LogP contribution in [0.2, 0.25) is 0 Å². The van der Waals surface area contributed by atoms with Crippen LogP contribution in [-0.4, -0.2) is 11.6 Å². The zero-order valence-corrected chi connectivity index (χ0v) is 23.7. The first kappa shape index (κ1) is 29.8. The molecule has 2 unspecified atom stereocenters. The van der Waals surface area contributed by atoms with Crippen LogP contribution < -0.4 is 0 Å². The number of ketones is 2. The highest BCUT2D eigenvalue weighted by atomic mass is 16.1. The monoisotopic (exact) mass is 518 g/mol. The number of benzene rings is 4. The van der Waals surface area contributed by atoms with Crippen molar-refractivity contribution in [1.29, 1.82) is 0 Å². The molecule has 0 N–H and O–H groups in total. The van der Waals surface area contributed by atoms with E-state index in [4.69, 9.17) is 0 Å². The molecule has 4 aromatic rings. The molecule has 0 spiro atoms. The van der Waals surface area contributed by atoms with Gasteiger partial charge in [0.1, 0.15) is 0 Å². The van der Waals surface area contributed by atoms with Crippen molar-refractivity contribution >= 4 is 11.6 Å². The Bertz CT molecular complexity index is 1250. The second-order valence-corrected chi connectivity index (χ2v) is 10.5. The van der Waals surface area contributed by atoms with Gasteiger partial charge in [-0.05, 0) is 54.2 Å². The predicted molar refractivity (Wildman–Crippen MR) is 164 cm³/mol. The number of carbonyl (C=O) groups excluding carboxylic acids is 2. The third kappa shape index (κ3) is 10.5. The summed E-state index contributed by atoms with van der Waals surface area (Å²) in [6, 6.07) is 38.3. The Kier molecular flexibility index (Phi) is 12.4. The van der Waals surface area contributed by atoms with Crippen molar-refractivity contribution in [3.63, 3.8) is 0 Å². The van der Waals surface area contributed by atoms with Crippen LogP contribution in [0.15, 0.2) is 115 Å². The average Bonchev–Trinajstić information content (AvgIpc) is 3.00. The van der Waals surface area contributed by atoms with Crippen molar-refractivity contribution in [3.8, 4) is 0 Å². The van der Waals surface area contributed by atoms with Crippen LogP contribution in [-0.2, 0) is 12.8 Å². The number of hydrogen-bond acceptors (Lipinski definition) is 2. The second kappa shape index (κ2) is 16.2. The Morgan fingerprint density at radius 2 is 1.08 bits per heavy atom. The summed E-state index contributed by atoms with van der Waals surface area (Å²) in [6.07, 6.45) is 5.25. The molecule has 0 aromatic heterocycles. The van der Waals surface area contributed by atoms with E-state index in [1.54, 1.807) is 0 Å². The Morgan fingerprint density at radius 1 is 0.590 bits per heavy atom. The molecule has 0 bridgehead atoms. The lowest BCUT2D eigenvalue weighted by atomic mass is 9.94. The minimum atomic E-state index is 0.226. The maximum Gasteiger partial charge on any atom is 0.163 e. The minimum Gasteiger partial charge on any atom is -0.294 e. The summed E-state index contributed by atoms with van der Waals surface area (Å²) >= 11 is 0. The van der Waals surface area contributed by atoms with Crippen LogP contribution in [0.5, 0.6) is 0 Å². The smallest absolute Gasteiger partial charge is 0.163 e. The van der Waals surface area contributed by atoms with E-state index in [9.17, 15) is 9.59 Å². The summed E-state index contributed by atoms with van der Waals surface area (Å²) in [5, 5.41) is 0. The van der Waals surface area contributed by atoms with Crippen molar-refractivity contribution in [3.05, 3.63) is 143 Å². The van der Waals surface area contributed by atoms with Gasteiger partial charge in [0.2, 0.25) is 0 Å².